The van der Waals surface area contributed by atoms with Crippen LogP contribution in [0.5, 0.6) is 0 Å². The van der Waals surface area contributed by atoms with E-state index in [4.69, 9.17) is 5.73 Å². The number of carbonyl (C=O) groups excluding carboxylic acids is 2. The molecule has 2 aliphatic carbocycles. The molecule has 1 saturated carbocycles. The number of nitrogens with two attached hydrogens (primary N) is 1. The summed E-state index contributed by atoms with van der Waals surface area (Å²) in [5.74, 6) is 0.871. The first-order valence-corrected chi connectivity index (χ1v) is 9.70. The predicted molar refractivity (Wildman–Crippen MR) is 113 cm³/mol. The van der Waals surface area contributed by atoms with E-state index in [0.717, 1.165) is 19.4 Å². The van der Waals surface area contributed by atoms with Gasteiger partial charge in [0.25, 0.3) is 0 Å². The lowest BCUT2D eigenvalue weighted by molar-refractivity contribution is -0.140. The minimum atomic E-state index is -0.0964. The minimum absolute atomic E-state index is 0. The Morgan fingerprint density at radius 3 is 2.42 bits per heavy atom. The zero-order valence-electron chi connectivity index (χ0n) is 15.5. The number of imide groups is 1. The van der Waals surface area contributed by atoms with Gasteiger partial charge in [-0.15, -0.1) is 24.0 Å². The molecule has 0 aromatic carbocycles. The number of rotatable bonds is 9. The highest BCUT2D eigenvalue weighted by Crippen LogP contribution is 2.52. The van der Waals surface area contributed by atoms with Crippen molar-refractivity contribution in [1.82, 2.24) is 10.2 Å². The van der Waals surface area contributed by atoms with E-state index in [9.17, 15) is 9.59 Å². The maximum absolute atomic E-state index is 12.5. The van der Waals surface area contributed by atoms with Gasteiger partial charge in [-0.25, -0.2) is 0 Å². The zero-order chi connectivity index (χ0) is 17.8. The molecule has 1 heterocycles. The summed E-state index contributed by atoms with van der Waals surface area (Å²) in [7, 11) is 0. The number of nitrogens with zero attached hydrogens (tertiary/aromatic N) is 2. The molecule has 1 aliphatic heterocycles. The van der Waals surface area contributed by atoms with E-state index >= 15 is 0 Å². The van der Waals surface area contributed by atoms with Crippen LogP contribution in [-0.2, 0) is 9.59 Å². The molecule has 2 amide bonds. The number of hydrogen-bond donors (Lipinski definition) is 2. The van der Waals surface area contributed by atoms with Crippen molar-refractivity contribution in [3.63, 3.8) is 0 Å². The molecular formula is C19H31IN4O2. The smallest absolute Gasteiger partial charge is 0.233 e. The highest BCUT2D eigenvalue weighted by atomic mass is 127. The number of unbranched alkanes of at least 4 members (excludes halogenated alkanes) is 3. The number of aliphatic imine (C=N–C) groups is 1. The van der Waals surface area contributed by atoms with E-state index in [1.807, 2.05) is 0 Å². The molecular weight excluding hydrogens is 443 g/mol. The molecule has 6 nitrogen and oxygen atoms in total. The maximum atomic E-state index is 12.5. The van der Waals surface area contributed by atoms with Gasteiger partial charge >= 0.3 is 0 Å². The third-order valence-corrected chi connectivity index (χ3v) is 5.72. The number of nitrogens with one attached hydrogen (secondary N) is 1. The van der Waals surface area contributed by atoms with Crippen molar-refractivity contribution in [2.24, 2.45) is 34.4 Å². The number of hydrogen-bond acceptors (Lipinski definition) is 3. The Labute approximate surface area is 173 Å². The predicted octanol–water partition coefficient (Wildman–Crippen LogP) is 2.29. The lowest BCUT2D eigenvalue weighted by Gasteiger charge is -2.16. The minimum Gasteiger partial charge on any atom is -0.370 e. The van der Waals surface area contributed by atoms with Gasteiger partial charge < -0.3 is 11.1 Å². The summed E-state index contributed by atoms with van der Waals surface area (Å²) in [5, 5.41) is 3.11. The lowest BCUT2D eigenvalue weighted by Crippen LogP contribution is -2.35. The van der Waals surface area contributed by atoms with Crippen LogP contribution in [0, 0.1) is 23.7 Å². The molecule has 0 aromatic rings. The first-order chi connectivity index (χ1) is 12.1. The Hall–Kier alpha value is -1.12. The molecule has 3 N–H and O–H groups in total. The Kier molecular flexibility index (Phi) is 7.91. The molecule has 7 heteroatoms. The van der Waals surface area contributed by atoms with Gasteiger partial charge in [-0.05, 0) is 31.1 Å². The fourth-order valence-electron chi connectivity index (χ4n) is 4.44. The molecule has 2 bridgehead atoms. The van der Waals surface area contributed by atoms with Crippen LogP contribution in [0.4, 0.5) is 0 Å². The van der Waals surface area contributed by atoms with Crippen LogP contribution in [0.15, 0.2) is 17.1 Å². The average molecular weight is 474 g/mol. The topological polar surface area (TPSA) is 87.8 Å². The van der Waals surface area contributed by atoms with E-state index < -0.39 is 0 Å². The highest BCUT2D eigenvalue weighted by Gasteiger charge is 2.58. The number of guanidine groups is 1. The fraction of sp³-hybridized carbons (Fsp3) is 0.737. The van der Waals surface area contributed by atoms with Gasteiger partial charge in [0, 0.05) is 19.6 Å². The molecule has 1 saturated heterocycles. The molecule has 0 radical (unpaired) electrons. The maximum Gasteiger partial charge on any atom is 0.233 e. The zero-order valence-corrected chi connectivity index (χ0v) is 17.9. The molecule has 146 valence electrons. The summed E-state index contributed by atoms with van der Waals surface area (Å²) in [6.07, 6.45) is 10.7. The number of allylic oxidation sites excluding steroid dienone is 2. The Balaban J connectivity index is 0.00000243. The van der Waals surface area contributed by atoms with E-state index in [1.54, 1.807) is 0 Å². The number of carbonyl (C=O) groups is 2. The Morgan fingerprint density at radius 2 is 1.81 bits per heavy atom. The van der Waals surface area contributed by atoms with Crippen molar-refractivity contribution in [2.45, 2.75) is 45.4 Å². The number of amides is 2. The van der Waals surface area contributed by atoms with Gasteiger partial charge in [0.2, 0.25) is 11.8 Å². The fourth-order valence-corrected chi connectivity index (χ4v) is 4.44. The molecule has 0 aromatic heterocycles. The molecule has 4 atom stereocenters. The average Bonchev–Trinajstić information content (AvgIpc) is 3.27. The molecule has 4 unspecified atom stereocenters. The van der Waals surface area contributed by atoms with Crippen molar-refractivity contribution in [1.29, 1.82) is 0 Å². The van der Waals surface area contributed by atoms with Crippen LogP contribution in [0.3, 0.4) is 0 Å². The van der Waals surface area contributed by atoms with E-state index in [0.29, 0.717) is 25.5 Å². The second-order valence-corrected chi connectivity index (χ2v) is 7.44. The van der Waals surface area contributed by atoms with Gasteiger partial charge in [0.1, 0.15) is 0 Å². The third-order valence-electron chi connectivity index (χ3n) is 5.72. The first kappa shape index (κ1) is 21.2. The van der Waals surface area contributed by atoms with E-state index in [1.165, 1.54) is 24.2 Å². The Bertz CT molecular complexity index is 548. The van der Waals surface area contributed by atoms with Crippen LogP contribution in [-0.4, -0.2) is 42.3 Å². The van der Waals surface area contributed by atoms with E-state index in [2.05, 4.69) is 29.4 Å². The van der Waals surface area contributed by atoms with Crippen LogP contribution in [0.1, 0.15) is 45.4 Å². The normalized spacial score (nSPS) is 29.3. The molecule has 26 heavy (non-hydrogen) atoms. The Morgan fingerprint density at radius 1 is 1.15 bits per heavy atom. The number of halogens is 1. The van der Waals surface area contributed by atoms with Gasteiger partial charge in [0.05, 0.1) is 11.8 Å². The SMILES string of the molecule is CCCCCCNC(N)=NCCCN1C(=O)C2C3C=CC(C3)C2C1=O.I. The molecule has 2 fully saturated rings. The van der Waals surface area contributed by atoms with Crippen LogP contribution >= 0.6 is 24.0 Å². The highest BCUT2D eigenvalue weighted by molar-refractivity contribution is 14.0. The first-order valence-electron chi connectivity index (χ1n) is 9.70. The van der Waals surface area contributed by atoms with Crippen LogP contribution < -0.4 is 11.1 Å². The van der Waals surface area contributed by atoms with Crippen molar-refractivity contribution in [3.05, 3.63) is 12.2 Å². The van der Waals surface area contributed by atoms with Crippen LogP contribution in [0.2, 0.25) is 0 Å². The molecule has 3 aliphatic rings. The van der Waals surface area contributed by atoms with Crippen molar-refractivity contribution in [3.8, 4) is 0 Å². The second kappa shape index (κ2) is 9.71. The number of fused-ring (bicyclic) bond motifs is 5. The summed E-state index contributed by atoms with van der Waals surface area (Å²) >= 11 is 0. The molecule has 3 rings (SSSR count). The summed E-state index contributed by atoms with van der Waals surface area (Å²) in [6.45, 7) is 4.02. The standard InChI is InChI=1S/C19H30N4O2.HI/c1-2-3-4-5-9-21-19(20)22-10-6-11-23-17(24)15-13-7-8-14(12-13)16(15)18(23)25;/h7-8,13-16H,2-6,9-12H2,1H3,(H3,20,21,22);1H. The summed E-state index contributed by atoms with van der Waals surface area (Å²) < 4.78 is 0. The second-order valence-electron chi connectivity index (χ2n) is 7.44. The van der Waals surface area contributed by atoms with Gasteiger partial charge in [-0.2, -0.15) is 0 Å². The van der Waals surface area contributed by atoms with Gasteiger partial charge in [0.15, 0.2) is 5.96 Å². The van der Waals surface area contributed by atoms with E-state index in [-0.39, 0.29) is 59.5 Å². The summed E-state index contributed by atoms with van der Waals surface area (Å²) in [5.41, 5.74) is 5.84. The molecule has 0 spiro atoms. The summed E-state index contributed by atoms with van der Waals surface area (Å²) in [6, 6.07) is 0. The largest absolute Gasteiger partial charge is 0.370 e. The van der Waals surface area contributed by atoms with Crippen molar-refractivity contribution < 1.29 is 9.59 Å². The van der Waals surface area contributed by atoms with Crippen molar-refractivity contribution in [2.75, 3.05) is 19.6 Å². The quantitative estimate of drug-likeness (QED) is 0.134. The summed E-state index contributed by atoms with van der Waals surface area (Å²) in [4.78, 5) is 30.8. The third kappa shape index (κ3) is 4.40. The van der Waals surface area contributed by atoms with Gasteiger partial charge in [-0.1, -0.05) is 38.3 Å². The van der Waals surface area contributed by atoms with Crippen molar-refractivity contribution >= 4 is 41.8 Å². The number of likely N-dealkylation sites (tertiary alicyclic amines) is 1. The van der Waals surface area contributed by atoms with Crippen LogP contribution in [0.25, 0.3) is 0 Å². The lowest BCUT2D eigenvalue weighted by atomic mass is 9.85. The monoisotopic (exact) mass is 474 g/mol. The van der Waals surface area contributed by atoms with Gasteiger partial charge in [-0.3, -0.25) is 19.5 Å².